The van der Waals surface area contributed by atoms with E-state index < -0.39 is 0 Å². The quantitative estimate of drug-likeness (QED) is 0.736. The monoisotopic (exact) mass is 195 g/mol. The molecule has 0 heterocycles. The largest absolute Gasteiger partial charge is 0.330 e. The first-order chi connectivity index (χ1) is 6.65. The average Bonchev–Trinajstić information content (AvgIpc) is 2.74. The van der Waals surface area contributed by atoms with Crippen LogP contribution in [0.1, 0.15) is 46.5 Å². The van der Waals surface area contributed by atoms with Crippen LogP contribution in [0.5, 0.6) is 0 Å². The lowest BCUT2D eigenvalue weighted by atomic mass is 9.83. The predicted octanol–water partition coefficient (Wildman–Crippen LogP) is 3.04. The summed E-state index contributed by atoms with van der Waals surface area (Å²) in [6, 6.07) is 0. The summed E-state index contributed by atoms with van der Waals surface area (Å²) >= 11 is 0. The van der Waals surface area contributed by atoms with Crippen LogP contribution in [0.15, 0.2) is 0 Å². The zero-order valence-corrected chi connectivity index (χ0v) is 9.92. The molecule has 82 valence electrons. The van der Waals surface area contributed by atoms with Gasteiger partial charge in [0, 0.05) is 0 Å². The molecule has 1 heteroatoms. The van der Waals surface area contributed by atoms with Gasteiger partial charge in [-0.1, -0.05) is 27.2 Å². The molecule has 2 N–H and O–H groups in total. The van der Waals surface area contributed by atoms with Gasteiger partial charge in [-0.3, -0.25) is 0 Å². The van der Waals surface area contributed by atoms with Gasteiger partial charge in [-0.25, -0.2) is 0 Å². The minimum Gasteiger partial charge on any atom is -0.330 e. The van der Waals surface area contributed by atoms with Crippen LogP contribution in [0.25, 0.3) is 0 Å². The molecule has 1 nitrogen and oxygen atoms in total. The fraction of sp³-hybridized carbons (Fsp3) is 1.00. The van der Waals surface area contributed by atoms with E-state index in [1.807, 2.05) is 0 Å². The zero-order chi connectivity index (χ0) is 10.3. The first-order valence-electron chi connectivity index (χ1n) is 6.35. The number of nitrogens with two attached hydrogens (primary N) is 1. The van der Waals surface area contributed by atoms with Crippen molar-refractivity contribution in [3.05, 3.63) is 0 Å². The van der Waals surface area contributed by atoms with Crippen LogP contribution >= 0.6 is 0 Å². The number of hydrogen-bond acceptors (Lipinski definition) is 1. The van der Waals surface area contributed by atoms with Crippen LogP contribution in [0.3, 0.4) is 0 Å². The highest BCUT2D eigenvalue weighted by molar-refractivity contribution is 5.11. The molecule has 2 rings (SSSR count). The molecular weight excluding hydrogens is 170 g/mol. The third-order valence-electron chi connectivity index (χ3n) is 5.21. The van der Waals surface area contributed by atoms with Crippen molar-refractivity contribution in [2.24, 2.45) is 34.8 Å². The first kappa shape index (κ1) is 10.5. The van der Waals surface area contributed by atoms with Gasteiger partial charge in [0.05, 0.1) is 0 Å². The Balaban J connectivity index is 2.06. The van der Waals surface area contributed by atoms with E-state index in [4.69, 9.17) is 5.73 Å². The van der Waals surface area contributed by atoms with Gasteiger partial charge in [0.1, 0.15) is 0 Å². The third-order valence-corrected chi connectivity index (χ3v) is 5.21. The minimum atomic E-state index is 0.743. The smallest absolute Gasteiger partial charge is 0.00744 e. The molecule has 0 aromatic rings. The Kier molecular flexibility index (Phi) is 2.63. The van der Waals surface area contributed by atoms with Gasteiger partial charge in [-0.2, -0.15) is 0 Å². The lowest BCUT2D eigenvalue weighted by Gasteiger charge is -2.22. The van der Waals surface area contributed by atoms with E-state index >= 15 is 0 Å². The maximum Gasteiger partial charge on any atom is -0.00744 e. The Morgan fingerprint density at radius 2 is 2.00 bits per heavy atom. The summed E-state index contributed by atoms with van der Waals surface area (Å²) in [5.74, 6) is 3.87. The van der Waals surface area contributed by atoms with Crippen LogP contribution in [-0.4, -0.2) is 6.54 Å². The molecule has 0 bridgehead atoms. The molecule has 0 aromatic carbocycles. The SMILES string of the molecule is CCC1C(C)C(C)CC12CC2CCN. The van der Waals surface area contributed by atoms with Crippen LogP contribution in [-0.2, 0) is 0 Å². The number of hydrogen-bond donors (Lipinski definition) is 1. The Bertz CT molecular complexity index is 213. The summed E-state index contributed by atoms with van der Waals surface area (Å²) in [5.41, 5.74) is 6.42. The van der Waals surface area contributed by atoms with E-state index in [1.165, 1.54) is 25.7 Å². The minimum absolute atomic E-state index is 0.743. The third kappa shape index (κ3) is 1.32. The van der Waals surface area contributed by atoms with Crippen LogP contribution in [0, 0.1) is 29.1 Å². The second-order valence-corrected chi connectivity index (χ2v) is 5.77. The normalized spacial score (nSPS) is 51.4. The average molecular weight is 195 g/mol. The summed E-state index contributed by atoms with van der Waals surface area (Å²) in [6.07, 6.45) is 5.62. The summed E-state index contributed by atoms with van der Waals surface area (Å²) in [7, 11) is 0. The molecule has 0 amide bonds. The van der Waals surface area contributed by atoms with Crippen molar-refractivity contribution in [3.8, 4) is 0 Å². The molecule has 2 aliphatic rings. The maximum absolute atomic E-state index is 5.68. The number of rotatable bonds is 3. The van der Waals surface area contributed by atoms with Gasteiger partial charge in [0.2, 0.25) is 0 Å². The van der Waals surface area contributed by atoms with Crippen LogP contribution < -0.4 is 5.73 Å². The Hall–Kier alpha value is -0.0400. The predicted molar refractivity (Wildman–Crippen MR) is 60.9 cm³/mol. The first-order valence-corrected chi connectivity index (χ1v) is 6.35. The fourth-order valence-electron chi connectivity index (χ4n) is 4.33. The highest BCUT2D eigenvalue weighted by Gasteiger charge is 2.62. The standard InChI is InChI=1S/C13H25N/c1-4-12-10(3)9(2)7-13(12)8-11(13)5-6-14/h9-12H,4-8,14H2,1-3H3. The molecule has 2 saturated carbocycles. The molecule has 2 aliphatic carbocycles. The topological polar surface area (TPSA) is 26.0 Å². The van der Waals surface area contributed by atoms with Crippen molar-refractivity contribution in [1.82, 2.24) is 0 Å². The lowest BCUT2D eigenvalue weighted by molar-refractivity contribution is 0.265. The summed E-state index contributed by atoms with van der Waals surface area (Å²) in [6.45, 7) is 8.18. The molecule has 0 aliphatic heterocycles. The molecular formula is C13H25N. The van der Waals surface area contributed by atoms with E-state index in [1.54, 1.807) is 0 Å². The van der Waals surface area contributed by atoms with E-state index in [2.05, 4.69) is 20.8 Å². The zero-order valence-electron chi connectivity index (χ0n) is 9.92. The van der Waals surface area contributed by atoms with E-state index in [-0.39, 0.29) is 0 Å². The summed E-state index contributed by atoms with van der Waals surface area (Å²) < 4.78 is 0. The van der Waals surface area contributed by atoms with Crippen molar-refractivity contribution in [3.63, 3.8) is 0 Å². The molecule has 2 fully saturated rings. The Morgan fingerprint density at radius 1 is 1.29 bits per heavy atom. The lowest BCUT2D eigenvalue weighted by Crippen LogP contribution is -2.16. The van der Waals surface area contributed by atoms with Crippen molar-refractivity contribution in [2.75, 3.05) is 6.54 Å². The second kappa shape index (κ2) is 3.52. The molecule has 5 atom stereocenters. The molecule has 1 spiro atoms. The summed E-state index contributed by atoms with van der Waals surface area (Å²) in [4.78, 5) is 0. The van der Waals surface area contributed by atoms with Crippen molar-refractivity contribution in [1.29, 1.82) is 0 Å². The van der Waals surface area contributed by atoms with Gasteiger partial charge in [0.25, 0.3) is 0 Å². The molecule has 0 saturated heterocycles. The van der Waals surface area contributed by atoms with Gasteiger partial charge in [-0.15, -0.1) is 0 Å². The van der Waals surface area contributed by atoms with Crippen molar-refractivity contribution < 1.29 is 0 Å². The van der Waals surface area contributed by atoms with Crippen LogP contribution in [0.4, 0.5) is 0 Å². The van der Waals surface area contributed by atoms with E-state index in [9.17, 15) is 0 Å². The highest BCUT2D eigenvalue weighted by Crippen LogP contribution is 2.70. The van der Waals surface area contributed by atoms with E-state index in [0.717, 1.165) is 35.6 Å². The second-order valence-electron chi connectivity index (χ2n) is 5.77. The van der Waals surface area contributed by atoms with Crippen molar-refractivity contribution >= 4 is 0 Å². The Labute approximate surface area is 88.4 Å². The van der Waals surface area contributed by atoms with Gasteiger partial charge in [-0.05, 0) is 54.9 Å². The maximum atomic E-state index is 5.68. The van der Waals surface area contributed by atoms with Gasteiger partial charge >= 0.3 is 0 Å². The van der Waals surface area contributed by atoms with Crippen molar-refractivity contribution in [2.45, 2.75) is 46.5 Å². The highest BCUT2D eigenvalue weighted by atomic mass is 14.7. The van der Waals surface area contributed by atoms with Gasteiger partial charge in [0.15, 0.2) is 0 Å². The molecule has 14 heavy (non-hydrogen) atoms. The molecule has 0 radical (unpaired) electrons. The van der Waals surface area contributed by atoms with Gasteiger partial charge < -0.3 is 5.73 Å². The van der Waals surface area contributed by atoms with E-state index in [0.29, 0.717) is 0 Å². The van der Waals surface area contributed by atoms with Crippen LogP contribution in [0.2, 0.25) is 0 Å². The molecule has 5 unspecified atom stereocenters. The summed E-state index contributed by atoms with van der Waals surface area (Å²) in [5, 5.41) is 0. The Morgan fingerprint density at radius 3 is 2.57 bits per heavy atom. The fourth-order valence-corrected chi connectivity index (χ4v) is 4.33. The molecule has 0 aromatic heterocycles.